The number of nitrogens with one attached hydrogen (secondary N) is 1. The molecule has 31 heavy (non-hydrogen) atoms. The van der Waals surface area contributed by atoms with Crippen molar-refractivity contribution in [1.29, 1.82) is 0 Å². The standard InChI is InChI=1S/C23H21F3N2O3/c1-15-5-7-16(8-6-15)20-11-9-19(10-12-22(30)31)28(20)14-21(29)27-18-4-2-3-17(13-18)23(24,25)26/h2-9,11,13H,10,12,14H2,1H3,(H,27,29)(H,30,31). The lowest BCUT2D eigenvalue weighted by molar-refractivity contribution is -0.138. The van der Waals surface area contributed by atoms with Gasteiger partial charge < -0.3 is 15.0 Å². The first kappa shape index (κ1) is 22.1. The number of aryl methyl sites for hydroxylation is 2. The Labute approximate surface area is 177 Å². The Balaban J connectivity index is 1.86. The summed E-state index contributed by atoms with van der Waals surface area (Å²) >= 11 is 0. The molecule has 5 nitrogen and oxygen atoms in total. The Morgan fingerprint density at radius 2 is 1.74 bits per heavy atom. The fourth-order valence-electron chi connectivity index (χ4n) is 3.24. The van der Waals surface area contributed by atoms with E-state index in [1.54, 1.807) is 16.7 Å². The van der Waals surface area contributed by atoms with Crippen LogP contribution in [0.5, 0.6) is 0 Å². The first-order chi connectivity index (χ1) is 14.6. The predicted octanol–water partition coefficient (Wildman–Crippen LogP) is 5.14. The van der Waals surface area contributed by atoms with Gasteiger partial charge in [-0.2, -0.15) is 13.2 Å². The Morgan fingerprint density at radius 1 is 1.03 bits per heavy atom. The van der Waals surface area contributed by atoms with Crippen molar-refractivity contribution in [3.8, 4) is 11.3 Å². The number of anilines is 1. The Morgan fingerprint density at radius 3 is 2.39 bits per heavy atom. The SMILES string of the molecule is Cc1ccc(-c2ccc(CCC(=O)O)n2CC(=O)Nc2cccc(C(F)(F)F)c2)cc1. The summed E-state index contributed by atoms with van der Waals surface area (Å²) < 4.78 is 40.4. The van der Waals surface area contributed by atoms with Crippen molar-refractivity contribution in [2.45, 2.75) is 32.5 Å². The average Bonchev–Trinajstić information content (AvgIpc) is 3.09. The highest BCUT2D eigenvalue weighted by molar-refractivity contribution is 5.91. The summed E-state index contributed by atoms with van der Waals surface area (Å²) in [6, 6.07) is 15.6. The second-order valence-corrected chi connectivity index (χ2v) is 7.18. The minimum Gasteiger partial charge on any atom is -0.481 e. The van der Waals surface area contributed by atoms with Crippen LogP contribution in [-0.4, -0.2) is 21.6 Å². The first-order valence-electron chi connectivity index (χ1n) is 9.58. The van der Waals surface area contributed by atoms with E-state index in [4.69, 9.17) is 5.11 Å². The molecule has 0 spiro atoms. The molecule has 0 fully saturated rings. The molecule has 1 amide bonds. The molecule has 8 heteroatoms. The van der Waals surface area contributed by atoms with Crippen LogP contribution in [0.25, 0.3) is 11.3 Å². The van der Waals surface area contributed by atoms with Crippen LogP contribution in [0.1, 0.15) is 23.2 Å². The van der Waals surface area contributed by atoms with Gasteiger partial charge in [0.1, 0.15) is 6.54 Å². The van der Waals surface area contributed by atoms with E-state index in [0.29, 0.717) is 5.69 Å². The van der Waals surface area contributed by atoms with Crippen molar-refractivity contribution in [1.82, 2.24) is 4.57 Å². The zero-order valence-electron chi connectivity index (χ0n) is 16.7. The smallest absolute Gasteiger partial charge is 0.416 e. The molecule has 2 N–H and O–H groups in total. The van der Waals surface area contributed by atoms with Crippen LogP contribution in [0.3, 0.4) is 0 Å². The first-order valence-corrected chi connectivity index (χ1v) is 9.58. The van der Waals surface area contributed by atoms with E-state index in [0.717, 1.165) is 29.0 Å². The van der Waals surface area contributed by atoms with Gasteiger partial charge in [0, 0.05) is 17.1 Å². The number of carbonyl (C=O) groups excluding carboxylic acids is 1. The Kier molecular flexibility index (Phi) is 6.48. The minimum atomic E-state index is -4.51. The molecule has 2 aromatic carbocycles. The molecule has 0 atom stereocenters. The lowest BCUT2D eigenvalue weighted by Crippen LogP contribution is -2.21. The number of nitrogens with zero attached hydrogens (tertiary/aromatic N) is 1. The molecule has 162 valence electrons. The van der Waals surface area contributed by atoms with Gasteiger partial charge in [0.05, 0.1) is 12.0 Å². The molecule has 0 aliphatic rings. The molecular weight excluding hydrogens is 409 g/mol. The summed E-state index contributed by atoms with van der Waals surface area (Å²) in [6.45, 7) is 1.78. The number of carboxylic acid groups (broad SMARTS) is 1. The Hall–Kier alpha value is -3.55. The number of benzene rings is 2. The largest absolute Gasteiger partial charge is 0.481 e. The van der Waals surface area contributed by atoms with Gasteiger partial charge in [-0.25, -0.2) is 0 Å². The molecule has 0 aliphatic carbocycles. The fraction of sp³-hybridized carbons (Fsp3) is 0.217. The van der Waals surface area contributed by atoms with E-state index in [2.05, 4.69) is 5.32 Å². The maximum absolute atomic E-state index is 12.9. The number of aromatic nitrogens is 1. The number of rotatable bonds is 7. The van der Waals surface area contributed by atoms with E-state index >= 15 is 0 Å². The van der Waals surface area contributed by atoms with Crippen molar-refractivity contribution < 1.29 is 27.9 Å². The van der Waals surface area contributed by atoms with Crippen LogP contribution >= 0.6 is 0 Å². The normalized spacial score (nSPS) is 11.4. The van der Waals surface area contributed by atoms with E-state index in [1.165, 1.54) is 12.1 Å². The second kappa shape index (κ2) is 9.07. The van der Waals surface area contributed by atoms with E-state index in [-0.39, 0.29) is 25.1 Å². The van der Waals surface area contributed by atoms with Crippen molar-refractivity contribution in [3.63, 3.8) is 0 Å². The van der Waals surface area contributed by atoms with Crippen LogP contribution in [0.15, 0.2) is 60.7 Å². The van der Waals surface area contributed by atoms with Gasteiger partial charge in [-0.15, -0.1) is 0 Å². The van der Waals surface area contributed by atoms with Crippen LogP contribution in [0, 0.1) is 6.92 Å². The fourth-order valence-corrected chi connectivity index (χ4v) is 3.24. The number of alkyl halides is 3. The molecule has 0 bridgehead atoms. The van der Waals surface area contributed by atoms with Gasteiger partial charge in [-0.3, -0.25) is 9.59 Å². The van der Waals surface area contributed by atoms with Gasteiger partial charge in [-0.05, 0) is 49.2 Å². The third-order valence-electron chi connectivity index (χ3n) is 4.79. The molecule has 3 aromatic rings. The third kappa shape index (κ3) is 5.75. The lowest BCUT2D eigenvalue weighted by Gasteiger charge is -2.15. The Bertz CT molecular complexity index is 1090. The van der Waals surface area contributed by atoms with Crippen LogP contribution in [0.4, 0.5) is 18.9 Å². The highest BCUT2D eigenvalue weighted by Gasteiger charge is 2.30. The van der Waals surface area contributed by atoms with Crippen molar-refractivity contribution >= 4 is 17.6 Å². The zero-order chi connectivity index (χ0) is 22.6. The molecule has 0 aliphatic heterocycles. The van der Waals surface area contributed by atoms with Gasteiger partial charge in [-0.1, -0.05) is 35.9 Å². The summed E-state index contributed by atoms with van der Waals surface area (Å²) in [4.78, 5) is 23.6. The number of carbonyl (C=O) groups is 2. The molecule has 0 saturated heterocycles. The highest BCUT2D eigenvalue weighted by atomic mass is 19.4. The highest BCUT2D eigenvalue weighted by Crippen LogP contribution is 2.31. The van der Waals surface area contributed by atoms with Gasteiger partial charge in [0.2, 0.25) is 5.91 Å². The molecule has 0 radical (unpaired) electrons. The predicted molar refractivity (Wildman–Crippen MR) is 111 cm³/mol. The van der Waals surface area contributed by atoms with Crippen molar-refractivity contribution in [2.75, 3.05) is 5.32 Å². The third-order valence-corrected chi connectivity index (χ3v) is 4.79. The quantitative estimate of drug-likeness (QED) is 0.545. The summed E-state index contributed by atoms with van der Waals surface area (Å²) in [5.74, 6) is -1.47. The minimum absolute atomic E-state index is 0.0379. The van der Waals surface area contributed by atoms with Crippen LogP contribution in [-0.2, 0) is 28.7 Å². The van der Waals surface area contributed by atoms with Gasteiger partial charge >= 0.3 is 12.1 Å². The monoisotopic (exact) mass is 430 g/mol. The van der Waals surface area contributed by atoms with Crippen LogP contribution in [0.2, 0.25) is 0 Å². The molecule has 0 saturated carbocycles. The van der Waals surface area contributed by atoms with Crippen molar-refractivity contribution in [2.24, 2.45) is 0 Å². The number of hydrogen-bond donors (Lipinski definition) is 2. The molecule has 3 rings (SSSR count). The summed E-state index contributed by atoms with van der Waals surface area (Å²) in [6.07, 6.45) is -4.39. The maximum Gasteiger partial charge on any atom is 0.416 e. The summed E-state index contributed by atoms with van der Waals surface area (Å²) in [5, 5.41) is 11.5. The summed E-state index contributed by atoms with van der Waals surface area (Å²) in [5.41, 5.74) is 2.47. The van der Waals surface area contributed by atoms with Gasteiger partial charge in [0.15, 0.2) is 0 Å². The van der Waals surface area contributed by atoms with Crippen LogP contribution < -0.4 is 5.32 Å². The number of halogens is 3. The van der Waals surface area contributed by atoms with E-state index < -0.39 is 23.6 Å². The maximum atomic E-state index is 12.9. The molecule has 1 aromatic heterocycles. The average molecular weight is 430 g/mol. The van der Waals surface area contributed by atoms with Gasteiger partial charge in [0.25, 0.3) is 0 Å². The number of aliphatic carboxylic acids is 1. The molecule has 0 unspecified atom stereocenters. The van der Waals surface area contributed by atoms with E-state index in [1.807, 2.05) is 31.2 Å². The van der Waals surface area contributed by atoms with E-state index in [9.17, 15) is 22.8 Å². The van der Waals surface area contributed by atoms with Crippen molar-refractivity contribution in [3.05, 3.63) is 77.5 Å². The lowest BCUT2D eigenvalue weighted by atomic mass is 10.1. The number of carboxylic acids is 1. The topological polar surface area (TPSA) is 71.3 Å². The molecular formula is C23H21F3N2O3. The molecule has 1 heterocycles. The summed E-state index contributed by atoms with van der Waals surface area (Å²) in [7, 11) is 0. The zero-order valence-corrected chi connectivity index (χ0v) is 16.7. The number of hydrogen-bond acceptors (Lipinski definition) is 2. The number of amides is 1. The second-order valence-electron chi connectivity index (χ2n) is 7.18.